The smallest absolute Gasteiger partial charge is 0.248 e. The molecule has 1 fully saturated rings. The number of hydrogen-bond acceptors (Lipinski definition) is 4. The van der Waals surface area contributed by atoms with Gasteiger partial charge in [0, 0.05) is 24.5 Å². The molecule has 4 rings (SSSR count). The van der Waals surface area contributed by atoms with Gasteiger partial charge in [0.15, 0.2) is 0 Å². The van der Waals surface area contributed by atoms with E-state index in [2.05, 4.69) is 20.6 Å². The minimum atomic E-state index is -0.161. The van der Waals surface area contributed by atoms with E-state index in [1.54, 1.807) is 4.68 Å². The first-order chi connectivity index (χ1) is 10.7. The van der Waals surface area contributed by atoms with Crippen molar-refractivity contribution in [1.82, 2.24) is 24.5 Å². The second-order valence-electron chi connectivity index (χ2n) is 5.65. The Bertz CT molecular complexity index is 812. The molecule has 1 aromatic carbocycles. The molecule has 2 aromatic heterocycles. The van der Waals surface area contributed by atoms with Crippen LogP contribution in [0.4, 0.5) is 5.95 Å². The van der Waals surface area contributed by atoms with E-state index in [1.807, 2.05) is 42.1 Å². The second kappa shape index (κ2) is 4.94. The average Bonchev–Trinajstić information content (AvgIpc) is 3.16. The number of anilines is 1. The number of aromatic nitrogens is 5. The molecule has 0 radical (unpaired) electrons. The van der Waals surface area contributed by atoms with Gasteiger partial charge >= 0.3 is 0 Å². The standard InChI is InChI=1S/C15H16N6O/c1-20-14(10-6-7-10)17-18-15(20)16-13(22)9-21-8-11-4-2-3-5-12(11)19-21/h2-5,8,10H,6-7,9H2,1H3,(H,16,18,22). The first kappa shape index (κ1) is 13.0. The van der Waals surface area contributed by atoms with Crippen molar-refractivity contribution in [2.24, 2.45) is 7.05 Å². The maximum absolute atomic E-state index is 12.2. The molecule has 112 valence electrons. The maximum atomic E-state index is 12.2. The van der Waals surface area contributed by atoms with E-state index in [0.29, 0.717) is 11.9 Å². The summed E-state index contributed by atoms with van der Waals surface area (Å²) in [5, 5.41) is 16.4. The molecule has 0 spiro atoms. The second-order valence-corrected chi connectivity index (χ2v) is 5.65. The van der Waals surface area contributed by atoms with Crippen molar-refractivity contribution >= 4 is 22.8 Å². The van der Waals surface area contributed by atoms with Crippen molar-refractivity contribution < 1.29 is 4.79 Å². The quantitative estimate of drug-likeness (QED) is 0.794. The zero-order valence-electron chi connectivity index (χ0n) is 12.2. The first-order valence-corrected chi connectivity index (χ1v) is 7.32. The van der Waals surface area contributed by atoms with Crippen LogP contribution >= 0.6 is 0 Å². The van der Waals surface area contributed by atoms with Gasteiger partial charge in [0.2, 0.25) is 11.9 Å². The third kappa shape index (κ3) is 2.34. The molecule has 1 saturated carbocycles. The van der Waals surface area contributed by atoms with Crippen LogP contribution < -0.4 is 5.32 Å². The van der Waals surface area contributed by atoms with Crippen LogP contribution in [0.3, 0.4) is 0 Å². The fourth-order valence-electron chi connectivity index (χ4n) is 2.56. The van der Waals surface area contributed by atoms with E-state index < -0.39 is 0 Å². The summed E-state index contributed by atoms with van der Waals surface area (Å²) in [7, 11) is 1.88. The van der Waals surface area contributed by atoms with Crippen molar-refractivity contribution in [1.29, 1.82) is 0 Å². The summed E-state index contributed by atoms with van der Waals surface area (Å²) in [4.78, 5) is 12.2. The number of benzene rings is 1. The SMILES string of the molecule is Cn1c(NC(=O)Cn2cc3ccccc3n2)nnc1C1CC1. The van der Waals surface area contributed by atoms with Crippen LogP contribution in [0.25, 0.3) is 10.9 Å². The van der Waals surface area contributed by atoms with E-state index in [4.69, 9.17) is 0 Å². The topological polar surface area (TPSA) is 77.6 Å². The number of carbonyl (C=O) groups excluding carboxylic acids is 1. The fourth-order valence-corrected chi connectivity index (χ4v) is 2.56. The van der Waals surface area contributed by atoms with Crippen LogP contribution in [-0.4, -0.2) is 30.5 Å². The van der Waals surface area contributed by atoms with Crippen LogP contribution in [0.5, 0.6) is 0 Å². The maximum Gasteiger partial charge on any atom is 0.248 e. The molecule has 0 unspecified atom stereocenters. The van der Waals surface area contributed by atoms with E-state index in [9.17, 15) is 4.79 Å². The summed E-state index contributed by atoms with van der Waals surface area (Å²) >= 11 is 0. The number of nitrogens with one attached hydrogen (secondary N) is 1. The highest BCUT2D eigenvalue weighted by molar-refractivity contribution is 5.89. The third-order valence-corrected chi connectivity index (χ3v) is 3.87. The molecule has 22 heavy (non-hydrogen) atoms. The van der Waals surface area contributed by atoms with Gasteiger partial charge in [-0.25, -0.2) is 0 Å². The Morgan fingerprint density at radius 1 is 1.32 bits per heavy atom. The number of carbonyl (C=O) groups is 1. The largest absolute Gasteiger partial charge is 0.300 e. The molecule has 0 saturated heterocycles. The number of amides is 1. The lowest BCUT2D eigenvalue weighted by Gasteiger charge is -2.05. The van der Waals surface area contributed by atoms with Crippen molar-refractivity contribution in [2.75, 3.05) is 5.32 Å². The molecule has 0 atom stereocenters. The molecule has 1 amide bonds. The Morgan fingerprint density at radius 2 is 2.14 bits per heavy atom. The molecule has 1 aliphatic carbocycles. The lowest BCUT2D eigenvalue weighted by atomic mass is 10.3. The summed E-state index contributed by atoms with van der Waals surface area (Å²) in [6, 6.07) is 7.78. The van der Waals surface area contributed by atoms with Gasteiger partial charge in [-0.05, 0) is 18.9 Å². The predicted molar refractivity (Wildman–Crippen MR) is 81.3 cm³/mol. The van der Waals surface area contributed by atoms with E-state index in [1.165, 1.54) is 0 Å². The van der Waals surface area contributed by atoms with Crippen molar-refractivity contribution in [3.8, 4) is 0 Å². The van der Waals surface area contributed by atoms with Crippen LogP contribution in [0, 0.1) is 0 Å². The van der Waals surface area contributed by atoms with Crippen LogP contribution in [0.1, 0.15) is 24.6 Å². The number of nitrogens with zero attached hydrogens (tertiary/aromatic N) is 5. The molecular formula is C15H16N6O. The Balaban J connectivity index is 1.48. The molecule has 0 aliphatic heterocycles. The molecule has 7 heteroatoms. The highest BCUT2D eigenvalue weighted by Crippen LogP contribution is 2.39. The van der Waals surface area contributed by atoms with Crippen LogP contribution in [0.2, 0.25) is 0 Å². The lowest BCUT2D eigenvalue weighted by Crippen LogP contribution is -2.21. The molecular weight excluding hydrogens is 280 g/mol. The Labute approximate surface area is 126 Å². The Hall–Kier alpha value is -2.70. The minimum absolute atomic E-state index is 0.153. The van der Waals surface area contributed by atoms with E-state index in [-0.39, 0.29) is 12.5 Å². The van der Waals surface area contributed by atoms with Gasteiger partial charge in [0.25, 0.3) is 0 Å². The summed E-state index contributed by atoms with van der Waals surface area (Å²) in [5.41, 5.74) is 0.880. The van der Waals surface area contributed by atoms with Crippen molar-refractivity contribution in [3.05, 3.63) is 36.3 Å². The van der Waals surface area contributed by atoms with Gasteiger partial charge in [-0.15, -0.1) is 10.2 Å². The normalized spacial score (nSPS) is 14.4. The van der Waals surface area contributed by atoms with Crippen LogP contribution in [-0.2, 0) is 18.4 Å². The predicted octanol–water partition coefficient (Wildman–Crippen LogP) is 1.68. The number of rotatable bonds is 4. The molecule has 1 N–H and O–H groups in total. The minimum Gasteiger partial charge on any atom is -0.300 e. The van der Waals surface area contributed by atoms with E-state index in [0.717, 1.165) is 29.6 Å². The highest BCUT2D eigenvalue weighted by Gasteiger charge is 2.29. The summed E-state index contributed by atoms with van der Waals surface area (Å²) in [6.45, 7) is 0.153. The van der Waals surface area contributed by atoms with Gasteiger partial charge in [-0.2, -0.15) is 5.10 Å². The monoisotopic (exact) mass is 296 g/mol. The Morgan fingerprint density at radius 3 is 2.91 bits per heavy atom. The number of fused-ring (bicyclic) bond motifs is 1. The summed E-state index contributed by atoms with van der Waals surface area (Å²) in [5.74, 6) is 1.77. The van der Waals surface area contributed by atoms with Crippen molar-refractivity contribution in [2.45, 2.75) is 25.3 Å². The van der Waals surface area contributed by atoms with Gasteiger partial charge in [0.1, 0.15) is 12.4 Å². The molecule has 7 nitrogen and oxygen atoms in total. The van der Waals surface area contributed by atoms with Gasteiger partial charge in [-0.1, -0.05) is 18.2 Å². The molecule has 3 aromatic rings. The third-order valence-electron chi connectivity index (χ3n) is 3.87. The first-order valence-electron chi connectivity index (χ1n) is 7.32. The van der Waals surface area contributed by atoms with E-state index >= 15 is 0 Å². The average molecular weight is 296 g/mol. The fraction of sp³-hybridized carbons (Fsp3) is 0.333. The molecule has 2 heterocycles. The lowest BCUT2D eigenvalue weighted by molar-refractivity contribution is -0.117. The zero-order chi connectivity index (χ0) is 15.1. The zero-order valence-corrected chi connectivity index (χ0v) is 12.2. The molecule has 0 bridgehead atoms. The summed E-state index contributed by atoms with van der Waals surface area (Å²) < 4.78 is 3.49. The van der Waals surface area contributed by atoms with Gasteiger partial charge in [-0.3, -0.25) is 14.8 Å². The highest BCUT2D eigenvalue weighted by atomic mass is 16.2. The van der Waals surface area contributed by atoms with Crippen LogP contribution in [0.15, 0.2) is 30.5 Å². The van der Waals surface area contributed by atoms with Gasteiger partial charge < -0.3 is 4.57 Å². The Kier molecular flexibility index (Phi) is 2.92. The van der Waals surface area contributed by atoms with Crippen molar-refractivity contribution in [3.63, 3.8) is 0 Å². The summed E-state index contributed by atoms with van der Waals surface area (Å²) in [6.07, 6.45) is 4.17. The number of hydrogen-bond donors (Lipinski definition) is 1. The van der Waals surface area contributed by atoms with Gasteiger partial charge in [0.05, 0.1) is 5.52 Å². The molecule has 1 aliphatic rings.